The Morgan fingerprint density at radius 2 is 1.80 bits per heavy atom. The van der Waals surface area contributed by atoms with Gasteiger partial charge < -0.3 is 10.1 Å². The zero-order valence-corrected chi connectivity index (χ0v) is 11.2. The molecule has 0 fully saturated rings. The second-order valence-electron chi connectivity index (χ2n) is 4.68. The smallest absolute Gasteiger partial charge is 0.0725 e. The van der Waals surface area contributed by atoms with Crippen LogP contribution in [-0.2, 0) is 4.74 Å². The highest BCUT2D eigenvalue weighted by atomic mass is 16.5. The fourth-order valence-electron chi connectivity index (χ4n) is 1.80. The van der Waals surface area contributed by atoms with Crippen molar-refractivity contribution < 1.29 is 4.74 Å². The predicted molar refractivity (Wildman–Crippen MR) is 67.2 cm³/mol. The van der Waals surface area contributed by atoms with E-state index in [1.165, 1.54) is 19.3 Å². The van der Waals surface area contributed by atoms with Crippen molar-refractivity contribution >= 4 is 0 Å². The Bertz CT molecular complexity index is 136. The van der Waals surface area contributed by atoms with Crippen molar-refractivity contribution in [1.29, 1.82) is 0 Å². The monoisotopic (exact) mass is 215 g/mol. The third-order valence-corrected chi connectivity index (χ3v) is 2.85. The fraction of sp³-hybridized carbons (Fsp3) is 1.00. The Hall–Kier alpha value is -0.0800. The van der Waals surface area contributed by atoms with Crippen LogP contribution in [0.2, 0.25) is 0 Å². The molecule has 2 heteroatoms. The van der Waals surface area contributed by atoms with Crippen LogP contribution in [0, 0.1) is 5.92 Å². The number of hydrogen-bond acceptors (Lipinski definition) is 2. The Morgan fingerprint density at radius 1 is 1.13 bits per heavy atom. The summed E-state index contributed by atoms with van der Waals surface area (Å²) in [5.74, 6) is 0.738. The molecule has 0 bridgehead atoms. The van der Waals surface area contributed by atoms with E-state index < -0.39 is 0 Å². The molecule has 15 heavy (non-hydrogen) atoms. The summed E-state index contributed by atoms with van der Waals surface area (Å²) in [7, 11) is 2.04. The Kier molecular flexibility index (Phi) is 9.12. The van der Waals surface area contributed by atoms with Gasteiger partial charge in [-0.15, -0.1) is 0 Å². The minimum Gasteiger partial charge on any atom is -0.377 e. The van der Waals surface area contributed by atoms with Crippen LogP contribution in [0.15, 0.2) is 0 Å². The number of hydrogen-bond donors (Lipinski definition) is 1. The van der Waals surface area contributed by atoms with Gasteiger partial charge >= 0.3 is 0 Å². The molecule has 0 aliphatic rings. The maximum atomic E-state index is 5.95. The van der Waals surface area contributed by atoms with Crippen LogP contribution >= 0.6 is 0 Å². The third-order valence-electron chi connectivity index (χ3n) is 2.85. The van der Waals surface area contributed by atoms with Crippen LogP contribution in [-0.4, -0.2) is 25.8 Å². The van der Waals surface area contributed by atoms with Gasteiger partial charge in [-0.2, -0.15) is 0 Å². The summed E-state index contributed by atoms with van der Waals surface area (Å²) >= 11 is 0. The van der Waals surface area contributed by atoms with Gasteiger partial charge in [0.2, 0.25) is 0 Å². The highest BCUT2D eigenvalue weighted by molar-refractivity contribution is 4.74. The van der Waals surface area contributed by atoms with Gasteiger partial charge in [0.05, 0.1) is 6.10 Å². The summed E-state index contributed by atoms with van der Waals surface area (Å²) < 4.78 is 5.95. The summed E-state index contributed by atoms with van der Waals surface area (Å²) in [5.41, 5.74) is 0. The molecular formula is C13H29NO. The molecule has 2 nitrogen and oxygen atoms in total. The normalized spacial score (nSPS) is 15.6. The highest BCUT2D eigenvalue weighted by Gasteiger charge is 2.17. The second-order valence-corrected chi connectivity index (χ2v) is 4.68. The molecule has 0 amide bonds. The van der Waals surface area contributed by atoms with Crippen molar-refractivity contribution in [3.63, 3.8) is 0 Å². The van der Waals surface area contributed by atoms with Crippen LogP contribution in [0.1, 0.15) is 53.4 Å². The lowest BCUT2D eigenvalue weighted by Crippen LogP contribution is -2.39. The standard InChI is InChI=1S/C13H29NO/c1-6-8-12(14-5)13(7-2)15-10-9-11(3)4/h11-14H,6-10H2,1-5H3. The average Bonchev–Trinajstić information content (AvgIpc) is 2.21. The Morgan fingerprint density at radius 3 is 2.20 bits per heavy atom. The molecule has 0 spiro atoms. The van der Waals surface area contributed by atoms with Gasteiger partial charge in [-0.1, -0.05) is 34.1 Å². The quantitative estimate of drug-likeness (QED) is 0.637. The molecule has 0 saturated heterocycles. The van der Waals surface area contributed by atoms with E-state index in [0.29, 0.717) is 12.1 Å². The molecule has 0 heterocycles. The Labute approximate surface area is 95.8 Å². The zero-order valence-electron chi connectivity index (χ0n) is 11.2. The summed E-state index contributed by atoms with van der Waals surface area (Å²) in [6.45, 7) is 9.82. The van der Waals surface area contributed by atoms with Gasteiger partial charge in [-0.25, -0.2) is 0 Å². The minimum atomic E-state index is 0.383. The molecule has 0 radical (unpaired) electrons. The zero-order chi connectivity index (χ0) is 11.7. The molecule has 0 saturated carbocycles. The maximum Gasteiger partial charge on any atom is 0.0725 e. The number of likely N-dealkylation sites (N-methyl/N-ethyl adjacent to an activating group) is 1. The van der Waals surface area contributed by atoms with E-state index in [1.54, 1.807) is 0 Å². The van der Waals surface area contributed by atoms with Crippen molar-refractivity contribution in [3.8, 4) is 0 Å². The summed E-state index contributed by atoms with van der Waals surface area (Å²) in [4.78, 5) is 0. The van der Waals surface area contributed by atoms with Gasteiger partial charge in [0, 0.05) is 12.6 Å². The molecule has 2 atom stereocenters. The average molecular weight is 215 g/mol. The van der Waals surface area contributed by atoms with E-state index in [4.69, 9.17) is 4.74 Å². The van der Waals surface area contributed by atoms with Gasteiger partial charge in [0.1, 0.15) is 0 Å². The van der Waals surface area contributed by atoms with Crippen LogP contribution in [0.5, 0.6) is 0 Å². The Balaban J connectivity index is 3.86. The van der Waals surface area contributed by atoms with E-state index in [2.05, 4.69) is 33.0 Å². The summed E-state index contributed by atoms with van der Waals surface area (Å²) in [5, 5.41) is 3.37. The molecule has 0 aromatic rings. The molecule has 0 aromatic heterocycles. The molecule has 0 rings (SSSR count). The second kappa shape index (κ2) is 9.17. The first-order valence-electron chi connectivity index (χ1n) is 6.44. The maximum absolute atomic E-state index is 5.95. The molecule has 0 aliphatic carbocycles. The third kappa shape index (κ3) is 6.91. The van der Waals surface area contributed by atoms with E-state index in [-0.39, 0.29) is 0 Å². The van der Waals surface area contributed by atoms with E-state index >= 15 is 0 Å². The number of rotatable bonds is 9. The van der Waals surface area contributed by atoms with Crippen LogP contribution in [0.25, 0.3) is 0 Å². The molecule has 92 valence electrons. The van der Waals surface area contributed by atoms with Crippen LogP contribution in [0.4, 0.5) is 0 Å². The summed E-state index contributed by atoms with van der Waals surface area (Å²) in [6, 6.07) is 0.521. The molecule has 0 aromatic carbocycles. The molecule has 2 unspecified atom stereocenters. The van der Waals surface area contributed by atoms with Gasteiger partial charge in [0.25, 0.3) is 0 Å². The van der Waals surface area contributed by atoms with E-state index in [9.17, 15) is 0 Å². The van der Waals surface area contributed by atoms with Gasteiger partial charge in [0.15, 0.2) is 0 Å². The number of ether oxygens (including phenoxy) is 1. The first kappa shape index (κ1) is 14.9. The van der Waals surface area contributed by atoms with Crippen molar-refractivity contribution in [2.24, 2.45) is 5.92 Å². The summed E-state index contributed by atoms with van der Waals surface area (Å²) in [6.07, 6.45) is 5.07. The largest absolute Gasteiger partial charge is 0.377 e. The fourth-order valence-corrected chi connectivity index (χ4v) is 1.80. The lowest BCUT2D eigenvalue weighted by atomic mass is 10.0. The first-order valence-corrected chi connectivity index (χ1v) is 6.44. The minimum absolute atomic E-state index is 0.383. The van der Waals surface area contributed by atoms with Crippen molar-refractivity contribution in [1.82, 2.24) is 5.32 Å². The number of nitrogens with one attached hydrogen (secondary N) is 1. The van der Waals surface area contributed by atoms with Gasteiger partial charge in [-0.3, -0.25) is 0 Å². The molecular weight excluding hydrogens is 186 g/mol. The highest BCUT2D eigenvalue weighted by Crippen LogP contribution is 2.11. The van der Waals surface area contributed by atoms with Crippen LogP contribution < -0.4 is 5.32 Å². The van der Waals surface area contributed by atoms with Crippen LogP contribution in [0.3, 0.4) is 0 Å². The topological polar surface area (TPSA) is 21.3 Å². The lowest BCUT2D eigenvalue weighted by Gasteiger charge is -2.26. The predicted octanol–water partition coefficient (Wildman–Crippen LogP) is 3.22. The molecule has 1 N–H and O–H groups in total. The van der Waals surface area contributed by atoms with E-state index in [1.807, 2.05) is 7.05 Å². The molecule has 0 aliphatic heterocycles. The first-order chi connectivity index (χ1) is 7.15. The lowest BCUT2D eigenvalue weighted by molar-refractivity contribution is 0.0180. The van der Waals surface area contributed by atoms with Gasteiger partial charge in [-0.05, 0) is 32.2 Å². The SMILES string of the molecule is CCCC(NC)C(CC)OCCC(C)C. The van der Waals surface area contributed by atoms with Crippen molar-refractivity contribution in [2.45, 2.75) is 65.5 Å². The van der Waals surface area contributed by atoms with Crippen molar-refractivity contribution in [2.75, 3.05) is 13.7 Å². The van der Waals surface area contributed by atoms with Crippen molar-refractivity contribution in [3.05, 3.63) is 0 Å². The van der Waals surface area contributed by atoms with E-state index in [0.717, 1.165) is 18.9 Å².